The van der Waals surface area contributed by atoms with Crippen molar-refractivity contribution in [3.8, 4) is 5.88 Å². The fourth-order valence-corrected chi connectivity index (χ4v) is 0.428. The van der Waals surface area contributed by atoms with Gasteiger partial charge in [-0.05, 0) is 5.16 Å². The Balaban J connectivity index is 0. The van der Waals surface area contributed by atoms with E-state index in [2.05, 4.69) is 20.4 Å². The molecule has 0 aliphatic carbocycles. The average Bonchev–Trinajstić information content (AvgIpc) is 2.64. The van der Waals surface area contributed by atoms with Gasteiger partial charge in [-0.2, -0.15) is 13.5 Å². The molecule has 0 unspecified atom stereocenters. The SMILES string of the molecule is C[CH-]ON.O=C(NO)c1cc(O)no1.[Y]. The van der Waals surface area contributed by atoms with Crippen molar-refractivity contribution < 1.29 is 57.2 Å². The van der Waals surface area contributed by atoms with E-state index in [0.717, 1.165) is 6.07 Å². The number of amides is 1. The molecule has 9 heteroatoms. The molecule has 1 aromatic rings. The van der Waals surface area contributed by atoms with E-state index >= 15 is 0 Å². The predicted molar refractivity (Wildman–Crippen MR) is 42.7 cm³/mol. The third-order valence-corrected chi connectivity index (χ3v) is 0.959. The van der Waals surface area contributed by atoms with Crippen LogP contribution >= 0.6 is 0 Å². The second-order valence-corrected chi connectivity index (χ2v) is 1.86. The van der Waals surface area contributed by atoms with Crippen LogP contribution in [0.1, 0.15) is 17.5 Å². The Morgan fingerprint density at radius 3 is 2.60 bits per heavy atom. The van der Waals surface area contributed by atoms with Crippen LogP contribution in [0.5, 0.6) is 5.88 Å². The van der Waals surface area contributed by atoms with Crippen LogP contribution in [-0.4, -0.2) is 21.4 Å². The molecule has 8 nitrogen and oxygen atoms in total. The van der Waals surface area contributed by atoms with Crippen LogP contribution in [0, 0.1) is 6.61 Å². The molecule has 1 amide bonds. The number of aromatic hydroxyl groups is 1. The van der Waals surface area contributed by atoms with Crippen LogP contribution in [0.4, 0.5) is 0 Å². The number of aromatic nitrogens is 1. The second kappa shape index (κ2) is 10.00. The molecule has 5 N–H and O–H groups in total. The molecule has 0 atom stereocenters. The van der Waals surface area contributed by atoms with Crippen molar-refractivity contribution in [2.45, 2.75) is 6.92 Å². The zero-order valence-electron chi connectivity index (χ0n) is 7.88. The van der Waals surface area contributed by atoms with Crippen molar-refractivity contribution in [1.82, 2.24) is 10.6 Å². The third kappa shape index (κ3) is 7.40. The Bertz CT molecular complexity index is 277. The van der Waals surface area contributed by atoms with Gasteiger partial charge >= 0.3 is 5.91 Å². The summed E-state index contributed by atoms with van der Waals surface area (Å²) in [7, 11) is 0. The van der Waals surface area contributed by atoms with Gasteiger partial charge in [0.15, 0.2) is 0 Å². The van der Waals surface area contributed by atoms with Crippen LogP contribution in [-0.2, 0) is 37.5 Å². The van der Waals surface area contributed by atoms with Crippen molar-refractivity contribution in [1.29, 1.82) is 0 Å². The van der Waals surface area contributed by atoms with Gasteiger partial charge in [-0.25, -0.2) is 5.48 Å². The maximum Gasteiger partial charge on any atom is 0.313 e. The minimum atomic E-state index is -0.854. The third-order valence-electron chi connectivity index (χ3n) is 0.959. The first-order valence-corrected chi connectivity index (χ1v) is 3.39. The number of hydroxylamine groups is 1. The quantitative estimate of drug-likeness (QED) is 0.330. The first-order valence-electron chi connectivity index (χ1n) is 3.39. The van der Waals surface area contributed by atoms with Gasteiger partial charge in [0.1, 0.15) is 0 Å². The van der Waals surface area contributed by atoms with Crippen molar-refractivity contribution >= 4 is 5.91 Å². The molecule has 0 fully saturated rings. The summed E-state index contributed by atoms with van der Waals surface area (Å²) in [5.74, 6) is 2.96. The molecule has 0 saturated heterocycles. The fourth-order valence-electron chi connectivity index (χ4n) is 0.428. The van der Waals surface area contributed by atoms with Gasteiger partial charge in [0, 0.05) is 32.7 Å². The van der Waals surface area contributed by atoms with Gasteiger partial charge in [0.2, 0.25) is 5.76 Å². The molecule has 0 aliphatic heterocycles. The summed E-state index contributed by atoms with van der Waals surface area (Å²) in [5.41, 5.74) is 1.31. The predicted octanol–water partition coefficient (Wildman–Crippen LogP) is -0.445. The largest absolute Gasteiger partial charge is 0.491 e. The smallest absolute Gasteiger partial charge is 0.313 e. The molecular formula is C6H10N3O5Y-. The first-order chi connectivity index (χ1) is 6.65. The van der Waals surface area contributed by atoms with E-state index in [1.54, 1.807) is 6.92 Å². The summed E-state index contributed by atoms with van der Waals surface area (Å²) in [5, 5.41) is 19.6. The van der Waals surface area contributed by atoms with Crippen LogP contribution in [0.25, 0.3) is 0 Å². The summed E-state index contributed by atoms with van der Waals surface area (Å²) in [6.45, 7) is 3.11. The average molecular weight is 293 g/mol. The molecule has 0 saturated carbocycles. The number of nitrogens with one attached hydrogen (secondary N) is 1. The summed E-state index contributed by atoms with van der Waals surface area (Å²) in [6.07, 6.45) is 0. The molecule has 1 rings (SSSR count). The van der Waals surface area contributed by atoms with Gasteiger partial charge < -0.3 is 14.5 Å². The molecule has 1 aromatic heterocycles. The Morgan fingerprint density at radius 1 is 1.80 bits per heavy atom. The second-order valence-electron chi connectivity index (χ2n) is 1.86. The zero-order valence-corrected chi connectivity index (χ0v) is 10.7. The Hall–Kier alpha value is -0.536. The van der Waals surface area contributed by atoms with Gasteiger partial charge in [-0.3, -0.25) is 15.9 Å². The molecule has 1 heterocycles. The number of hydrogen-bond donors (Lipinski definition) is 4. The van der Waals surface area contributed by atoms with E-state index in [1.807, 2.05) is 0 Å². The molecule has 15 heavy (non-hydrogen) atoms. The molecule has 83 valence electrons. The number of nitrogens with two attached hydrogens (primary N) is 1. The Morgan fingerprint density at radius 2 is 2.33 bits per heavy atom. The molecule has 0 aromatic carbocycles. The van der Waals surface area contributed by atoms with Gasteiger partial charge in [0.25, 0.3) is 5.88 Å². The maximum atomic E-state index is 10.4. The van der Waals surface area contributed by atoms with Gasteiger partial charge in [-0.15, -0.1) is 0 Å². The maximum absolute atomic E-state index is 10.4. The van der Waals surface area contributed by atoms with Crippen LogP contribution < -0.4 is 11.4 Å². The van der Waals surface area contributed by atoms with E-state index in [9.17, 15) is 4.79 Å². The number of rotatable bonds is 2. The van der Waals surface area contributed by atoms with Crippen LogP contribution in [0.2, 0.25) is 0 Å². The van der Waals surface area contributed by atoms with E-state index < -0.39 is 11.8 Å². The van der Waals surface area contributed by atoms with Crippen LogP contribution in [0.3, 0.4) is 0 Å². The Labute approximate surface area is 111 Å². The summed E-state index contributed by atoms with van der Waals surface area (Å²) in [4.78, 5) is 14.3. The molecule has 0 aliphatic rings. The standard InChI is InChI=1S/C4H4N2O4.C2H6NO.Y/c7-3-1-2(10-6-3)4(8)5-9;1-2-4-3;/h1,9H,(H,5,8)(H,6,7);2H,3H2,1H3;/q;-1;. The minimum absolute atomic E-state index is 0. The topological polar surface area (TPSA) is 131 Å². The first kappa shape index (κ1) is 16.9. The molecular weight excluding hydrogens is 283 g/mol. The van der Waals surface area contributed by atoms with Gasteiger partial charge in [0.05, 0.1) is 6.07 Å². The van der Waals surface area contributed by atoms with Crippen molar-refractivity contribution in [2.75, 3.05) is 0 Å². The van der Waals surface area contributed by atoms with Crippen molar-refractivity contribution in [3.63, 3.8) is 0 Å². The summed E-state index contributed by atoms with van der Waals surface area (Å²) in [6, 6.07) is 0.978. The molecule has 0 spiro atoms. The number of nitrogens with zero attached hydrogens (tertiary/aromatic N) is 1. The number of hydrogen-bond acceptors (Lipinski definition) is 7. The Kier molecular flexibility index (Phi) is 11.2. The monoisotopic (exact) mass is 293 g/mol. The van der Waals surface area contributed by atoms with E-state index in [1.165, 1.54) is 12.1 Å². The van der Waals surface area contributed by atoms with E-state index in [-0.39, 0.29) is 38.5 Å². The van der Waals surface area contributed by atoms with E-state index in [4.69, 9.17) is 10.3 Å². The molecule has 0 bridgehead atoms. The summed E-state index contributed by atoms with van der Waals surface area (Å²) < 4.78 is 4.24. The van der Waals surface area contributed by atoms with Crippen molar-refractivity contribution in [3.05, 3.63) is 18.4 Å². The number of carbonyl (C=O) groups is 1. The van der Waals surface area contributed by atoms with Crippen molar-refractivity contribution in [2.24, 2.45) is 5.90 Å². The normalized spacial score (nSPS) is 8.20. The number of carbonyl (C=O) groups excluding carboxylic acids is 1. The summed E-state index contributed by atoms with van der Waals surface area (Å²) >= 11 is 0. The minimum Gasteiger partial charge on any atom is -0.491 e. The fraction of sp³-hybridized carbons (Fsp3) is 0.167. The van der Waals surface area contributed by atoms with E-state index in [0.29, 0.717) is 0 Å². The molecule has 1 radical (unpaired) electrons. The van der Waals surface area contributed by atoms with Gasteiger partial charge in [-0.1, -0.05) is 0 Å². The zero-order chi connectivity index (χ0) is 11.0. The van der Waals surface area contributed by atoms with Crippen LogP contribution in [0.15, 0.2) is 10.6 Å².